The molecule has 5 nitrogen and oxygen atoms in total. The Hall–Kier alpha value is -3.65. The van der Waals surface area contributed by atoms with E-state index in [2.05, 4.69) is 0 Å². The number of hydrogen-bond donors (Lipinski definition) is 0. The summed E-state index contributed by atoms with van der Waals surface area (Å²) in [5, 5.41) is 9.35. The lowest BCUT2D eigenvalue weighted by Crippen LogP contribution is -2.07. The van der Waals surface area contributed by atoms with Gasteiger partial charge in [-0.25, -0.2) is 4.79 Å². The Morgan fingerprint density at radius 3 is 2.52 bits per heavy atom. The van der Waals surface area contributed by atoms with Crippen LogP contribution in [0, 0.1) is 18.3 Å². The Balaban J connectivity index is 2.22. The van der Waals surface area contributed by atoms with E-state index < -0.39 is 5.97 Å². The third-order valence-electron chi connectivity index (χ3n) is 4.29. The second-order valence-electron chi connectivity index (χ2n) is 5.93. The molecule has 3 aromatic rings. The number of pyridine rings is 1. The molecule has 0 aliphatic carbocycles. The van der Waals surface area contributed by atoms with Crippen LogP contribution >= 0.6 is 0 Å². The molecule has 2 aromatic heterocycles. The molecule has 2 heterocycles. The smallest absolute Gasteiger partial charge is 0.348 e. The first-order valence-corrected chi connectivity index (χ1v) is 8.56. The van der Waals surface area contributed by atoms with Gasteiger partial charge < -0.3 is 9.14 Å². The van der Waals surface area contributed by atoms with Gasteiger partial charge in [0.15, 0.2) is 0 Å². The first kappa shape index (κ1) is 18.2. The third-order valence-corrected chi connectivity index (χ3v) is 4.29. The van der Waals surface area contributed by atoms with Gasteiger partial charge in [0.05, 0.1) is 17.8 Å². The van der Waals surface area contributed by atoms with Crippen molar-refractivity contribution in [1.82, 2.24) is 4.40 Å². The number of ether oxygens (including phenoxy) is 1. The largest absolute Gasteiger partial charge is 0.462 e. The molecule has 0 fully saturated rings. The van der Waals surface area contributed by atoms with E-state index in [0.29, 0.717) is 22.4 Å². The topological polar surface area (TPSA) is 71.6 Å². The van der Waals surface area contributed by atoms with Gasteiger partial charge in [0, 0.05) is 17.3 Å². The van der Waals surface area contributed by atoms with Crippen LogP contribution in [0.4, 0.5) is 0 Å². The van der Waals surface area contributed by atoms with Gasteiger partial charge in [-0.05, 0) is 37.6 Å². The van der Waals surface area contributed by atoms with Crippen LogP contribution in [-0.4, -0.2) is 22.8 Å². The number of aromatic nitrogens is 1. The Morgan fingerprint density at radius 2 is 1.85 bits per heavy atom. The average molecular weight is 358 g/mol. The van der Waals surface area contributed by atoms with Gasteiger partial charge in [-0.3, -0.25) is 4.79 Å². The van der Waals surface area contributed by atoms with Crippen molar-refractivity contribution in [3.63, 3.8) is 0 Å². The lowest BCUT2D eigenvalue weighted by Gasteiger charge is -2.03. The number of esters is 1. The minimum atomic E-state index is -0.675. The summed E-state index contributed by atoms with van der Waals surface area (Å²) in [5.41, 5.74) is 3.07. The number of carbonyl (C=O) groups excluding carboxylic acids is 2. The second-order valence-corrected chi connectivity index (χ2v) is 5.93. The van der Waals surface area contributed by atoms with Crippen LogP contribution in [0.5, 0.6) is 0 Å². The Labute approximate surface area is 157 Å². The fourth-order valence-corrected chi connectivity index (χ4v) is 3.04. The number of nitrogens with zero attached hydrogens (tertiary/aromatic N) is 2. The molecule has 0 bridgehead atoms. The lowest BCUT2D eigenvalue weighted by molar-refractivity contribution is -0.137. The number of benzene rings is 1. The molecule has 0 aliphatic rings. The molecule has 5 heteroatoms. The zero-order valence-corrected chi connectivity index (χ0v) is 15.1. The summed E-state index contributed by atoms with van der Waals surface area (Å²) in [6.07, 6.45) is 3.29. The summed E-state index contributed by atoms with van der Waals surface area (Å²) in [7, 11) is 0. The van der Waals surface area contributed by atoms with Crippen molar-refractivity contribution in [2.75, 3.05) is 6.61 Å². The number of carbonyl (C=O) groups is 2. The van der Waals surface area contributed by atoms with Crippen molar-refractivity contribution < 1.29 is 14.3 Å². The minimum absolute atomic E-state index is 0.102. The van der Waals surface area contributed by atoms with Gasteiger partial charge in [0.25, 0.3) is 0 Å². The van der Waals surface area contributed by atoms with Gasteiger partial charge in [-0.15, -0.1) is 0 Å². The Bertz CT molecular complexity index is 1090. The van der Waals surface area contributed by atoms with E-state index in [1.54, 1.807) is 29.7 Å². The molecule has 134 valence electrons. The predicted octanol–water partition coefficient (Wildman–Crippen LogP) is 3.95. The summed E-state index contributed by atoms with van der Waals surface area (Å²) in [4.78, 5) is 25.1. The number of ketones is 1. The summed E-state index contributed by atoms with van der Waals surface area (Å²) < 4.78 is 6.73. The summed E-state index contributed by atoms with van der Waals surface area (Å²) in [6, 6.07) is 16.4. The van der Waals surface area contributed by atoms with Crippen LogP contribution in [0.2, 0.25) is 0 Å². The molecule has 0 amide bonds. The van der Waals surface area contributed by atoms with E-state index in [4.69, 9.17) is 4.74 Å². The monoisotopic (exact) mass is 358 g/mol. The van der Waals surface area contributed by atoms with Crippen LogP contribution in [0.25, 0.3) is 11.6 Å². The van der Waals surface area contributed by atoms with Crippen molar-refractivity contribution in [2.24, 2.45) is 0 Å². The number of rotatable bonds is 5. The van der Waals surface area contributed by atoms with Gasteiger partial charge in [0.2, 0.25) is 5.78 Å². The van der Waals surface area contributed by atoms with Crippen LogP contribution in [0.3, 0.4) is 0 Å². The third kappa shape index (κ3) is 3.38. The second kappa shape index (κ2) is 7.71. The maximum atomic E-state index is 13.1. The normalized spacial score (nSPS) is 11.2. The maximum absolute atomic E-state index is 13.1. The van der Waals surface area contributed by atoms with E-state index in [0.717, 1.165) is 5.52 Å². The van der Waals surface area contributed by atoms with Crippen molar-refractivity contribution in [1.29, 1.82) is 5.26 Å². The summed E-state index contributed by atoms with van der Waals surface area (Å²) in [5.74, 6) is -0.797. The van der Waals surface area contributed by atoms with Gasteiger partial charge >= 0.3 is 5.97 Å². The molecule has 0 spiro atoms. The molecule has 1 aromatic carbocycles. The van der Waals surface area contributed by atoms with Crippen molar-refractivity contribution in [3.05, 3.63) is 82.7 Å². The fourth-order valence-electron chi connectivity index (χ4n) is 3.04. The highest BCUT2D eigenvalue weighted by Gasteiger charge is 2.22. The molecule has 0 aliphatic heterocycles. The van der Waals surface area contributed by atoms with Crippen molar-refractivity contribution in [2.45, 2.75) is 13.8 Å². The van der Waals surface area contributed by atoms with Crippen molar-refractivity contribution in [3.8, 4) is 6.07 Å². The standard InChI is InChI=1S/C22H18N2O3/c1-3-27-22(26)17(14-23)13-18-15(2)20(24-12-8-7-11-19(18)24)21(25)16-9-5-4-6-10-16/h4-13H,3H2,1-2H3/b17-13+. The van der Waals surface area contributed by atoms with E-state index >= 15 is 0 Å². The van der Waals surface area contributed by atoms with Crippen LogP contribution in [0.1, 0.15) is 34.1 Å². The van der Waals surface area contributed by atoms with E-state index in [9.17, 15) is 14.9 Å². The highest BCUT2D eigenvalue weighted by molar-refractivity contribution is 6.11. The number of nitriles is 1. The van der Waals surface area contributed by atoms with Gasteiger partial charge in [-0.1, -0.05) is 36.4 Å². The van der Waals surface area contributed by atoms with E-state index in [-0.39, 0.29) is 18.0 Å². The molecule has 3 rings (SSSR count). The quantitative estimate of drug-likeness (QED) is 0.300. The zero-order chi connectivity index (χ0) is 19.4. The molecule has 0 atom stereocenters. The van der Waals surface area contributed by atoms with Gasteiger partial charge in [-0.2, -0.15) is 5.26 Å². The molecular formula is C22H18N2O3. The zero-order valence-electron chi connectivity index (χ0n) is 15.1. The molecule has 27 heavy (non-hydrogen) atoms. The lowest BCUT2D eigenvalue weighted by atomic mass is 10.0. The van der Waals surface area contributed by atoms with Crippen LogP contribution in [0.15, 0.2) is 60.3 Å². The molecule has 0 saturated heterocycles. The number of fused-ring (bicyclic) bond motifs is 1. The summed E-state index contributed by atoms with van der Waals surface area (Å²) in [6.45, 7) is 3.68. The average Bonchev–Trinajstić information content (AvgIpc) is 2.97. The minimum Gasteiger partial charge on any atom is -0.462 e. The Morgan fingerprint density at radius 1 is 1.15 bits per heavy atom. The first-order valence-electron chi connectivity index (χ1n) is 8.56. The maximum Gasteiger partial charge on any atom is 0.348 e. The molecule has 0 saturated carbocycles. The highest BCUT2D eigenvalue weighted by Crippen LogP contribution is 2.27. The van der Waals surface area contributed by atoms with E-state index in [1.165, 1.54) is 6.08 Å². The molecule has 0 radical (unpaired) electrons. The van der Waals surface area contributed by atoms with Crippen LogP contribution in [-0.2, 0) is 9.53 Å². The van der Waals surface area contributed by atoms with Crippen molar-refractivity contribution >= 4 is 23.3 Å². The molecule has 0 N–H and O–H groups in total. The predicted molar refractivity (Wildman–Crippen MR) is 102 cm³/mol. The molecular weight excluding hydrogens is 340 g/mol. The highest BCUT2D eigenvalue weighted by atomic mass is 16.5. The van der Waals surface area contributed by atoms with E-state index in [1.807, 2.05) is 49.4 Å². The SMILES string of the molecule is CCOC(=O)/C(C#N)=C/c1c(C)c(C(=O)c2ccccc2)n2ccccc12. The summed E-state index contributed by atoms with van der Waals surface area (Å²) >= 11 is 0. The molecule has 0 unspecified atom stereocenters. The number of hydrogen-bond acceptors (Lipinski definition) is 4. The fraction of sp³-hybridized carbons (Fsp3) is 0.136. The van der Waals surface area contributed by atoms with Crippen LogP contribution < -0.4 is 0 Å². The van der Waals surface area contributed by atoms with Gasteiger partial charge in [0.1, 0.15) is 11.6 Å². The first-order chi connectivity index (χ1) is 13.1. The Kier molecular flexibility index (Phi) is 5.18.